The van der Waals surface area contributed by atoms with E-state index in [0.29, 0.717) is 11.5 Å². The van der Waals surface area contributed by atoms with Crippen LogP contribution in [0.1, 0.15) is 31.1 Å². The van der Waals surface area contributed by atoms with Crippen LogP contribution in [0.5, 0.6) is 11.5 Å². The highest BCUT2D eigenvalue weighted by Crippen LogP contribution is 2.25. The summed E-state index contributed by atoms with van der Waals surface area (Å²) in [6.45, 7) is 5.43. The molecule has 1 amide bonds. The van der Waals surface area contributed by atoms with E-state index in [0.717, 1.165) is 0 Å². The Hall–Kier alpha value is -2.04. The number of hydrogen-bond donors (Lipinski definition) is 1. The zero-order valence-electron chi connectivity index (χ0n) is 11.9. The van der Waals surface area contributed by atoms with Gasteiger partial charge < -0.3 is 14.8 Å². The summed E-state index contributed by atoms with van der Waals surface area (Å²) in [5, 5.41) is 2.62. The van der Waals surface area contributed by atoms with E-state index in [9.17, 15) is 9.59 Å². The molecule has 0 heterocycles. The summed E-state index contributed by atoms with van der Waals surface area (Å²) in [5.74, 6) is -0.413. The maximum Gasteiger partial charge on any atom is 0.292 e. The topological polar surface area (TPSA) is 64.6 Å². The number of ether oxygens (including phenoxy) is 2. The van der Waals surface area contributed by atoms with Crippen LogP contribution in [0.15, 0.2) is 18.2 Å². The van der Waals surface area contributed by atoms with Crippen molar-refractivity contribution in [3.8, 4) is 11.5 Å². The summed E-state index contributed by atoms with van der Waals surface area (Å²) < 4.78 is 10.1. The standard InChI is InChI=1S/C14H19NO4/c1-14(2,3)15-13(17)12(16)10-7-6-9(18-4)8-11(10)19-5/h6-8H,1-5H3,(H,15,17). The van der Waals surface area contributed by atoms with Crippen LogP contribution in [-0.4, -0.2) is 31.4 Å². The molecule has 0 saturated carbocycles. The van der Waals surface area contributed by atoms with Gasteiger partial charge in [0, 0.05) is 11.6 Å². The third-order valence-electron chi connectivity index (χ3n) is 2.35. The highest BCUT2D eigenvalue weighted by atomic mass is 16.5. The summed E-state index contributed by atoms with van der Waals surface area (Å²) in [7, 11) is 2.95. The molecule has 0 bridgehead atoms. The van der Waals surface area contributed by atoms with E-state index in [1.165, 1.54) is 20.3 Å². The van der Waals surface area contributed by atoms with Gasteiger partial charge in [-0.1, -0.05) is 0 Å². The van der Waals surface area contributed by atoms with Gasteiger partial charge in [-0.15, -0.1) is 0 Å². The van der Waals surface area contributed by atoms with E-state index in [-0.39, 0.29) is 5.56 Å². The van der Waals surface area contributed by atoms with Crippen LogP contribution < -0.4 is 14.8 Å². The number of carbonyl (C=O) groups excluding carboxylic acids is 2. The van der Waals surface area contributed by atoms with Crippen molar-refractivity contribution in [3.63, 3.8) is 0 Å². The Kier molecular flexibility index (Phi) is 4.53. The SMILES string of the molecule is COc1ccc(C(=O)C(=O)NC(C)(C)C)c(OC)c1. The molecule has 0 unspecified atom stereocenters. The summed E-state index contributed by atoms with van der Waals surface area (Å²) in [5.41, 5.74) is -0.253. The largest absolute Gasteiger partial charge is 0.497 e. The number of methoxy groups -OCH3 is 2. The van der Waals surface area contributed by atoms with E-state index in [2.05, 4.69) is 5.32 Å². The van der Waals surface area contributed by atoms with Crippen LogP contribution in [-0.2, 0) is 4.79 Å². The van der Waals surface area contributed by atoms with E-state index in [1.807, 2.05) is 20.8 Å². The average Bonchev–Trinajstić information content (AvgIpc) is 2.35. The molecule has 5 nitrogen and oxygen atoms in total. The molecule has 0 saturated heterocycles. The number of amides is 1. The first-order chi connectivity index (χ1) is 8.78. The fourth-order valence-corrected chi connectivity index (χ4v) is 1.51. The van der Waals surface area contributed by atoms with Crippen LogP contribution in [0.25, 0.3) is 0 Å². The van der Waals surface area contributed by atoms with E-state index < -0.39 is 17.2 Å². The third-order valence-corrected chi connectivity index (χ3v) is 2.35. The molecule has 5 heteroatoms. The van der Waals surface area contributed by atoms with Crippen LogP contribution in [0.3, 0.4) is 0 Å². The number of benzene rings is 1. The number of nitrogens with one attached hydrogen (secondary N) is 1. The molecule has 1 aromatic rings. The van der Waals surface area contributed by atoms with Gasteiger partial charge in [-0.2, -0.15) is 0 Å². The molecule has 0 radical (unpaired) electrons. The second-order valence-electron chi connectivity index (χ2n) is 5.10. The summed E-state index contributed by atoms with van der Waals surface area (Å²) in [6, 6.07) is 4.69. The Morgan fingerprint density at radius 3 is 2.21 bits per heavy atom. The van der Waals surface area contributed by atoms with Crippen molar-refractivity contribution in [1.29, 1.82) is 0 Å². The van der Waals surface area contributed by atoms with E-state index >= 15 is 0 Å². The molecule has 0 aliphatic heterocycles. The van der Waals surface area contributed by atoms with Crippen molar-refractivity contribution < 1.29 is 19.1 Å². The van der Waals surface area contributed by atoms with Crippen molar-refractivity contribution in [2.24, 2.45) is 0 Å². The second kappa shape index (κ2) is 5.73. The number of rotatable bonds is 4. The Morgan fingerprint density at radius 2 is 1.74 bits per heavy atom. The van der Waals surface area contributed by atoms with Crippen molar-refractivity contribution in [2.75, 3.05) is 14.2 Å². The first-order valence-electron chi connectivity index (χ1n) is 5.87. The molecule has 1 rings (SSSR count). The maximum absolute atomic E-state index is 12.1. The molecular formula is C14H19NO4. The monoisotopic (exact) mass is 265 g/mol. The first-order valence-corrected chi connectivity index (χ1v) is 5.87. The van der Waals surface area contributed by atoms with Gasteiger partial charge >= 0.3 is 0 Å². The maximum atomic E-state index is 12.1. The average molecular weight is 265 g/mol. The quantitative estimate of drug-likeness (QED) is 0.666. The van der Waals surface area contributed by atoms with Gasteiger partial charge in [0.2, 0.25) is 0 Å². The minimum atomic E-state index is -0.657. The summed E-state index contributed by atoms with van der Waals surface area (Å²) in [6.07, 6.45) is 0. The van der Waals surface area contributed by atoms with Gasteiger partial charge in [0.1, 0.15) is 11.5 Å². The molecular weight excluding hydrogens is 246 g/mol. The van der Waals surface area contributed by atoms with Crippen LogP contribution in [0.4, 0.5) is 0 Å². The van der Waals surface area contributed by atoms with E-state index in [4.69, 9.17) is 9.47 Å². The lowest BCUT2D eigenvalue weighted by atomic mass is 10.1. The second-order valence-corrected chi connectivity index (χ2v) is 5.10. The lowest BCUT2D eigenvalue weighted by Crippen LogP contribution is -2.44. The van der Waals surface area contributed by atoms with Gasteiger partial charge in [0.25, 0.3) is 11.7 Å². The van der Waals surface area contributed by atoms with Crippen molar-refractivity contribution in [3.05, 3.63) is 23.8 Å². The van der Waals surface area contributed by atoms with Gasteiger partial charge in [-0.05, 0) is 32.9 Å². The third kappa shape index (κ3) is 3.98. The predicted molar refractivity (Wildman–Crippen MR) is 71.8 cm³/mol. The fourth-order valence-electron chi connectivity index (χ4n) is 1.51. The van der Waals surface area contributed by atoms with E-state index in [1.54, 1.807) is 12.1 Å². The summed E-state index contributed by atoms with van der Waals surface area (Å²) >= 11 is 0. The van der Waals surface area contributed by atoms with Crippen LogP contribution >= 0.6 is 0 Å². The lowest BCUT2D eigenvalue weighted by Gasteiger charge is -2.20. The van der Waals surface area contributed by atoms with Gasteiger partial charge in [0.15, 0.2) is 0 Å². The zero-order valence-corrected chi connectivity index (χ0v) is 11.9. The molecule has 0 aliphatic carbocycles. The van der Waals surface area contributed by atoms with Gasteiger partial charge in [0.05, 0.1) is 19.8 Å². The molecule has 0 aromatic heterocycles. The Bertz CT molecular complexity index is 489. The molecule has 19 heavy (non-hydrogen) atoms. The van der Waals surface area contributed by atoms with Crippen molar-refractivity contribution >= 4 is 11.7 Å². The number of hydrogen-bond acceptors (Lipinski definition) is 4. The van der Waals surface area contributed by atoms with Crippen LogP contribution in [0, 0.1) is 0 Å². The zero-order chi connectivity index (χ0) is 14.6. The molecule has 0 fully saturated rings. The molecule has 0 aliphatic rings. The number of Topliss-reactive ketones (excluding diaryl/α,β-unsaturated/α-hetero) is 1. The summed E-state index contributed by atoms with van der Waals surface area (Å²) in [4.78, 5) is 23.9. The Morgan fingerprint density at radius 1 is 1.11 bits per heavy atom. The smallest absolute Gasteiger partial charge is 0.292 e. The fraction of sp³-hybridized carbons (Fsp3) is 0.429. The van der Waals surface area contributed by atoms with Crippen molar-refractivity contribution in [2.45, 2.75) is 26.3 Å². The molecule has 0 spiro atoms. The normalized spacial score (nSPS) is 10.8. The van der Waals surface area contributed by atoms with Crippen molar-refractivity contribution in [1.82, 2.24) is 5.32 Å². The highest BCUT2D eigenvalue weighted by Gasteiger charge is 2.24. The predicted octanol–water partition coefficient (Wildman–Crippen LogP) is 1.80. The minimum absolute atomic E-state index is 0.213. The van der Waals surface area contributed by atoms with Gasteiger partial charge in [-0.3, -0.25) is 9.59 Å². The molecule has 0 atom stereocenters. The van der Waals surface area contributed by atoms with Crippen LogP contribution in [0.2, 0.25) is 0 Å². The molecule has 1 N–H and O–H groups in total. The number of ketones is 1. The molecule has 104 valence electrons. The minimum Gasteiger partial charge on any atom is -0.497 e. The lowest BCUT2D eigenvalue weighted by molar-refractivity contribution is -0.118. The Labute approximate surface area is 112 Å². The highest BCUT2D eigenvalue weighted by molar-refractivity contribution is 6.43. The number of carbonyl (C=O) groups is 2. The molecule has 1 aromatic carbocycles. The first kappa shape index (κ1) is 15.0. The van der Waals surface area contributed by atoms with Gasteiger partial charge in [-0.25, -0.2) is 0 Å². The Balaban J connectivity index is 3.02.